The standard InChI is InChI=1S/C20H23N5O/c1-16-7-8-18(26-16)9-21-22-19(17-5-3-2-4-6-17)20-10-23-13-24(11-20)15-25(12-20)14-23/h2-9H,10-15H2,1H3. The topological polar surface area (TPSA) is 47.6 Å². The number of benzene rings is 1. The Morgan fingerprint density at radius 2 is 1.62 bits per heavy atom. The van der Waals surface area contributed by atoms with Crippen LogP contribution >= 0.6 is 0 Å². The summed E-state index contributed by atoms with van der Waals surface area (Å²) >= 11 is 0. The molecular formula is C20H23N5O. The third-order valence-electron chi connectivity index (χ3n) is 5.43. The third-order valence-corrected chi connectivity index (χ3v) is 5.43. The highest BCUT2D eigenvalue weighted by molar-refractivity contribution is 6.05. The van der Waals surface area contributed by atoms with Crippen molar-refractivity contribution >= 4 is 11.9 Å². The van der Waals surface area contributed by atoms with Gasteiger partial charge < -0.3 is 4.42 Å². The van der Waals surface area contributed by atoms with E-state index >= 15 is 0 Å². The van der Waals surface area contributed by atoms with Crippen molar-refractivity contribution in [3.8, 4) is 0 Å². The maximum atomic E-state index is 5.58. The van der Waals surface area contributed by atoms with Crippen molar-refractivity contribution < 1.29 is 4.42 Å². The first-order valence-electron chi connectivity index (χ1n) is 9.11. The molecule has 1 aromatic carbocycles. The Labute approximate surface area is 153 Å². The predicted molar refractivity (Wildman–Crippen MR) is 101 cm³/mol. The third kappa shape index (κ3) is 2.80. The second-order valence-corrected chi connectivity index (χ2v) is 7.70. The number of nitrogens with zero attached hydrogens (tertiary/aromatic N) is 5. The fraction of sp³-hybridized carbons (Fsp3) is 0.400. The Kier molecular flexibility index (Phi) is 3.77. The Balaban J connectivity index is 1.52. The average Bonchev–Trinajstić information content (AvgIpc) is 3.03. The van der Waals surface area contributed by atoms with Gasteiger partial charge in [0.1, 0.15) is 11.5 Å². The molecule has 5 heterocycles. The van der Waals surface area contributed by atoms with Gasteiger partial charge in [-0.2, -0.15) is 10.2 Å². The molecule has 0 atom stereocenters. The highest BCUT2D eigenvalue weighted by Crippen LogP contribution is 2.38. The van der Waals surface area contributed by atoms with Crippen molar-refractivity contribution in [1.82, 2.24) is 14.7 Å². The molecule has 6 rings (SSSR count). The lowest BCUT2D eigenvalue weighted by atomic mass is 9.74. The molecule has 0 unspecified atom stereocenters. The van der Waals surface area contributed by atoms with Crippen LogP contribution in [-0.4, -0.2) is 66.3 Å². The van der Waals surface area contributed by atoms with Crippen LogP contribution in [0.2, 0.25) is 0 Å². The van der Waals surface area contributed by atoms with Gasteiger partial charge in [-0.05, 0) is 24.6 Å². The van der Waals surface area contributed by atoms with E-state index in [2.05, 4.69) is 44.1 Å². The maximum absolute atomic E-state index is 5.58. The first kappa shape index (κ1) is 15.9. The summed E-state index contributed by atoms with van der Waals surface area (Å²) < 4.78 is 5.58. The van der Waals surface area contributed by atoms with E-state index in [0.717, 1.165) is 62.4 Å². The van der Waals surface area contributed by atoms with Crippen LogP contribution in [0.4, 0.5) is 0 Å². The van der Waals surface area contributed by atoms with Gasteiger partial charge in [0.2, 0.25) is 0 Å². The molecule has 2 aromatic rings. The summed E-state index contributed by atoms with van der Waals surface area (Å²) in [7, 11) is 0. The lowest BCUT2D eigenvalue weighted by molar-refractivity contribution is -0.149. The zero-order valence-electron chi connectivity index (χ0n) is 15.0. The van der Waals surface area contributed by atoms with E-state index in [4.69, 9.17) is 9.52 Å². The van der Waals surface area contributed by atoms with Crippen LogP contribution in [0.3, 0.4) is 0 Å². The quantitative estimate of drug-likeness (QED) is 0.627. The summed E-state index contributed by atoms with van der Waals surface area (Å²) in [6.45, 7) is 8.26. The molecule has 0 amide bonds. The Bertz CT molecular complexity index is 819. The van der Waals surface area contributed by atoms with Gasteiger partial charge in [0.25, 0.3) is 0 Å². The summed E-state index contributed by atoms with van der Waals surface area (Å²) in [5.41, 5.74) is 2.24. The zero-order chi connectivity index (χ0) is 17.6. The van der Waals surface area contributed by atoms with E-state index < -0.39 is 0 Å². The van der Waals surface area contributed by atoms with Gasteiger partial charge in [0.15, 0.2) is 0 Å². The fourth-order valence-electron chi connectivity index (χ4n) is 4.67. The van der Waals surface area contributed by atoms with Crippen LogP contribution in [-0.2, 0) is 0 Å². The van der Waals surface area contributed by atoms with Crippen molar-refractivity contribution in [2.24, 2.45) is 15.6 Å². The Morgan fingerprint density at radius 1 is 0.962 bits per heavy atom. The van der Waals surface area contributed by atoms with E-state index in [1.165, 1.54) is 0 Å². The predicted octanol–water partition coefficient (Wildman–Crippen LogP) is 2.22. The summed E-state index contributed by atoms with van der Waals surface area (Å²) in [4.78, 5) is 7.53. The van der Waals surface area contributed by atoms with Gasteiger partial charge in [-0.15, -0.1) is 0 Å². The molecule has 26 heavy (non-hydrogen) atoms. The van der Waals surface area contributed by atoms with Crippen LogP contribution in [0, 0.1) is 12.3 Å². The molecule has 0 N–H and O–H groups in total. The van der Waals surface area contributed by atoms with Crippen molar-refractivity contribution in [3.63, 3.8) is 0 Å². The molecule has 0 saturated carbocycles. The van der Waals surface area contributed by atoms with Gasteiger partial charge in [-0.25, -0.2) is 0 Å². The smallest absolute Gasteiger partial charge is 0.147 e. The molecule has 1 aromatic heterocycles. The molecule has 4 fully saturated rings. The molecule has 0 spiro atoms. The van der Waals surface area contributed by atoms with E-state index in [1.807, 2.05) is 25.1 Å². The SMILES string of the molecule is Cc1ccc(C=NN=C(c2ccccc2)C23CN4CN(CN(C4)C2)C3)o1. The van der Waals surface area contributed by atoms with E-state index in [0.29, 0.717) is 0 Å². The van der Waals surface area contributed by atoms with Crippen LogP contribution in [0.15, 0.2) is 57.1 Å². The first-order chi connectivity index (χ1) is 12.7. The molecule has 4 bridgehead atoms. The van der Waals surface area contributed by atoms with Crippen molar-refractivity contribution in [2.45, 2.75) is 6.92 Å². The molecule has 4 aliphatic heterocycles. The van der Waals surface area contributed by atoms with Gasteiger partial charge in [0, 0.05) is 19.6 Å². The minimum Gasteiger partial charge on any atom is -0.460 e. The summed E-state index contributed by atoms with van der Waals surface area (Å²) in [5, 5.41) is 9.14. The van der Waals surface area contributed by atoms with Gasteiger partial charge in [-0.1, -0.05) is 30.3 Å². The number of aryl methyl sites for hydroxylation is 1. The Morgan fingerprint density at radius 3 is 2.19 bits per heavy atom. The minimum atomic E-state index is 0.00647. The maximum Gasteiger partial charge on any atom is 0.147 e. The second kappa shape index (κ2) is 6.16. The van der Waals surface area contributed by atoms with E-state index in [-0.39, 0.29) is 5.41 Å². The van der Waals surface area contributed by atoms with E-state index in [1.54, 1.807) is 6.21 Å². The van der Waals surface area contributed by atoms with Gasteiger partial charge >= 0.3 is 0 Å². The normalized spacial score (nSPS) is 33.3. The highest BCUT2D eigenvalue weighted by atomic mass is 16.3. The van der Waals surface area contributed by atoms with E-state index in [9.17, 15) is 0 Å². The number of rotatable bonds is 4. The molecule has 4 aliphatic rings. The molecule has 6 heteroatoms. The van der Waals surface area contributed by atoms with Crippen molar-refractivity contribution in [1.29, 1.82) is 0 Å². The molecule has 0 aliphatic carbocycles. The monoisotopic (exact) mass is 349 g/mol. The summed E-state index contributed by atoms with van der Waals surface area (Å²) in [6, 6.07) is 14.3. The largest absolute Gasteiger partial charge is 0.460 e. The fourth-order valence-corrected chi connectivity index (χ4v) is 4.67. The van der Waals surface area contributed by atoms with Gasteiger partial charge in [-0.3, -0.25) is 14.7 Å². The molecule has 134 valence electrons. The van der Waals surface area contributed by atoms with Crippen LogP contribution in [0.25, 0.3) is 0 Å². The van der Waals surface area contributed by atoms with Crippen LogP contribution in [0.1, 0.15) is 17.1 Å². The number of hydrogen-bond donors (Lipinski definition) is 0. The van der Waals surface area contributed by atoms with Crippen molar-refractivity contribution in [2.75, 3.05) is 39.6 Å². The molecule has 6 nitrogen and oxygen atoms in total. The lowest BCUT2D eigenvalue weighted by Gasteiger charge is -2.60. The van der Waals surface area contributed by atoms with Gasteiger partial charge in [0.05, 0.1) is 37.3 Å². The second-order valence-electron chi connectivity index (χ2n) is 7.70. The highest BCUT2D eigenvalue weighted by Gasteiger charge is 2.51. The minimum absolute atomic E-state index is 0.00647. The first-order valence-corrected chi connectivity index (χ1v) is 9.11. The Hall–Kier alpha value is -2.28. The number of furan rings is 1. The van der Waals surface area contributed by atoms with Crippen molar-refractivity contribution in [3.05, 3.63) is 59.5 Å². The molecular weight excluding hydrogens is 326 g/mol. The zero-order valence-corrected chi connectivity index (χ0v) is 15.0. The van der Waals surface area contributed by atoms with Crippen LogP contribution in [0.5, 0.6) is 0 Å². The summed E-state index contributed by atoms with van der Waals surface area (Å²) in [5.74, 6) is 1.62. The molecule has 4 saturated heterocycles. The number of hydrogen-bond acceptors (Lipinski definition) is 6. The average molecular weight is 349 g/mol. The molecule has 0 radical (unpaired) electrons. The summed E-state index contributed by atoms with van der Waals surface area (Å²) in [6.07, 6.45) is 1.71. The lowest BCUT2D eigenvalue weighted by Crippen LogP contribution is -2.74. The van der Waals surface area contributed by atoms with Crippen LogP contribution < -0.4 is 0 Å².